The van der Waals surface area contributed by atoms with E-state index in [0.29, 0.717) is 41.4 Å². The van der Waals surface area contributed by atoms with Gasteiger partial charge in [-0.15, -0.1) is 0 Å². The van der Waals surface area contributed by atoms with Crippen molar-refractivity contribution < 1.29 is 18.3 Å². The first-order chi connectivity index (χ1) is 16.1. The minimum Gasteiger partial charge on any atom is -0.457 e. The van der Waals surface area contributed by atoms with Gasteiger partial charge in [-0.05, 0) is 59.2 Å². The maximum absolute atomic E-state index is 14.4. The molecule has 2 aromatic heterocycles. The number of fused-ring (bicyclic) bond motifs is 4. The van der Waals surface area contributed by atoms with Crippen LogP contribution in [-0.4, -0.2) is 29.4 Å². The number of hydrogen-bond donors (Lipinski definition) is 0. The number of halogens is 2. The second kappa shape index (κ2) is 7.56. The van der Waals surface area contributed by atoms with Gasteiger partial charge in [0.1, 0.15) is 17.0 Å². The van der Waals surface area contributed by atoms with E-state index in [-0.39, 0.29) is 0 Å². The molecule has 0 bridgehead atoms. The lowest BCUT2D eigenvalue weighted by molar-refractivity contribution is 0.114. The molecule has 2 aromatic carbocycles. The predicted molar refractivity (Wildman–Crippen MR) is 119 cm³/mol. The van der Waals surface area contributed by atoms with Crippen LogP contribution >= 0.6 is 0 Å². The molecule has 2 aliphatic rings. The molecule has 1 atom stereocenters. The molecule has 0 fully saturated rings. The van der Waals surface area contributed by atoms with Crippen LogP contribution in [0.1, 0.15) is 11.1 Å². The van der Waals surface area contributed by atoms with E-state index >= 15 is 0 Å². The van der Waals surface area contributed by atoms with Gasteiger partial charge >= 0.3 is 0 Å². The minimum atomic E-state index is -0.878. The summed E-state index contributed by atoms with van der Waals surface area (Å²) in [5.74, 6) is 0.169. The van der Waals surface area contributed by atoms with E-state index in [1.807, 2.05) is 30.3 Å². The molecule has 7 heteroatoms. The summed E-state index contributed by atoms with van der Waals surface area (Å²) in [6.45, 7) is 0.694. The van der Waals surface area contributed by atoms with Crippen LogP contribution in [0.2, 0.25) is 0 Å². The summed E-state index contributed by atoms with van der Waals surface area (Å²) in [6.07, 6.45) is 4.58. The van der Waals surface area contributed by atoms with Gasteiger partial charge in [0, 0.05) is 41.4 Å². The molecule has 0 unspecified atom stereocenters. The number of benzene rings is 2. The topological polar surface area (TPSA) is 56.6 Å². The second-order valence-electron chi connectivity index (χ2n) is 7.92. The molecular formula is C26H17F2N3O2. The van der Waals surface area contributed by atoms with Crippen LogP contribution in [0.25, 0.3) is 22.3 Å². The van der Waals surface area contributed by atoms with Crippen molar-refractivity contribution in [1.29, 1.82) is 0 Å². The van der Waals surface area contributed by atoms with Crippen LogP contribution in [0.5, 0.6) is 11.5 Å². The van der Waals surface area contributed by atoms with Crippen LogP contribution in [0.15, 0.2) is 78.0 Å². The molecule has 33 heavy (non-hydrogen) atoms. The highest BCUT2D eigenvalue weighted by Crippen LogP contribution is 2.51. The smallest absolute Gasteiger partial charge is 0.220 e. The van der Waals surface area contributed by atoms with E-state index < -0.39 is 17.4 Å². The van der Waals surface area contributed by atoms with Gasteiger partial charge in [-0.3, -0.25) is 4.99 Å². The first-order valence-corrected chi connectivity index (χ1v) is 10.5. The summed E-state index contributed by atoms with van der Waals surface area (Å²) in [5, 5.41) is 0. The Morgan fingerprint density at radius 2 is 1.55 bits per heavy atom. The molecule has 0 N–H and O–H groups in total. The lowest BCUT2D eigenvalue weighted by Gasteiger charge is -2.39. The SMILES string of the molecule is Fc1cc(-c2ccc3c(c2)[C@]2(COCC=N2)c2cc(-c4cccnc4F)ccc2O3)ccn1. The fraction of sp³-hybridized carbons (Fsp3) is 0.115. The summed E-state index contributed by atoms with van der Waals surface area (Å²) >= 11 is 0. The fourth-order valence-corrected chi connectivity index (χ4v) is 4.46. The van der Waals surface area contributed by atoms with Gasteiger partial charge in [0.2, 0.25) is 11.9 Å². The van der Waals surface area contributed by atoms with Gasteiger partial charge in [0.15, 0.2) is 0 Å². The third kappa shape index (κ3) is 3.20. The van der Waals surface area contributed by atoms with Crippen LogP contribution in [0.3, 0.4) is 0 Å². The fourth-order valence-electron chi connectivity index (χ4n) is 4.46. The molecule has 4 aromatic rings. The van der Waals surface area contributed by atoms with Crippen molar-refractivity contribution in [3.05, 3.63) is 96.1 Å². The highest BCUT2D eigenvalue weighted by atomic mass is 19.1. The summed E-state index contributed by atoms with van der Waals surface area (Å²) in [4.78, 5) is 12.3. The van der Waals surface area contributed by atoms with E-state index in [9.17, 15) is 8.78 Å². The van der Waals surface area contributed by atoms with Crippen LogP contribution in [0, 0.1) is 11.9 Å². The van der Waals surface area contributed by atoms with E-state index in [4.69, 9.17) is 14.5 Å². The zero-order valence-electron chi connectivity index (χ0n) is 17.3. The first-order valence-electron chi connectivity index (χ1n) is 10.5. The van der Waals surface area contributed by atoms with E-state index in [1.165, 1.54) is 18.5 Å². The second-order valence-corrected chi connectivity index (χ2v) is 7.92. The van der Waals surface area contributed by atoms with Gasteiger partial charge in [0.25, 0.3) is 0 Å². The average molecular weight is 441 g/mol. The van der Waals surface area contributed by atoms with E-state index in [0.717, 1.165) is 16.7 Å². The van der Waals surface area contributed by atoms with Crippen LogP contribution < -0.4 is 4.74 Å². The van der Waals surface area contributed by atoms with Crippen molar-refractivity contribution in [1.82, 2.24) is 9.97 Å². The van der Waals surface area contributed by atoms with Gasteiger partial charge in [-0.25, -0.2) is 9.97 Å². The molecule has 2 aliphatic heterocycles. The van der Waals surface area contributed by atoms with Crippen LogP contribution in [-0.2, 0) is 10.3 Å². The van der Waals surface area contributed by atoms with Crippen molar-refractivity contribution in [2.45, 2.75) is 5.54 Å². The largest absolute Gasteiger partial charge is 0.457 e. The minimum absolute atomic E-state index is 0.292. The Labute approximate surface area is 188 Å². The molecule has 0 saturated heterocycles. The van der Waals surface area contributed by atoms with Gasteiger partial charge < -0.3 is 9.47 Å². The van der Waals surface area contributed by atoms with E-state index in [1.54, 1.807) is 30.5 Å². The third-order valence-corrected chi connectivity index (χ3v) is 6.02. The molecule has 162 valence electrons. The number of hydrogen-bond acceptors (Lipinski definition) is 5. The molecule has 0 aliphatic carbocycles. The van der Waals surface area contributed by atoms with Gasteiger partial charge in [-0.2, -0.15) is 8.78 Å². The number of ether oxygens (including phenoxy) is 2. The van der Waals surface area contributed by atoms with Gasteiger partial charge in [0.05, 0.1) is 13.2 Å². The van der Waals surface area contributed by atoms with Crippen molar-refractivity contribution in [3.8, 4) is 33.8 Å². The Hall–Kier alpha value is -3.97. The molecule has 6 rings (SSSR count). The summed E-state index contributed by atoms with van der Waals surface area (Å²) in [7, 11) is 0. The van der Waals surface area contributed by atoms with Crippen molar-refractivity contribution in [2.24, 2.45) is 4.99 Å². The number of aromatic nitrogens is 2. The molecule has 4 heterocycles. The molecule has 0 radical (unpaired) electrons. The molecule has 1 spiro atoms. The maximum atomic E-state index is 14.4. The lowest BCUT2D eigenvalue weighted by atomic mass is 9.79. The highest BCUT2D eigenvalue weighted by Gasteiger charge is 2.44. The third-order valence-electron chi connectivity index (χ3n) is 6.02. The summed E-state index contributed by atoms with van der Waals surface area (Å²) < 4.78 is 40.2. The number of aliphatic imine (C=N–C) groups is 1. The predicted octanol–water partition coefficient (Wildman–Crippen LogP) is 5.54. The Kier molecular flexibility index (Phi) is 4.52. The molecule has 0 saturated carbocycles. The summed E-state index contributed by atoms with van der Waals surface area (Å²) in [5.41, 5.74) is 3.24. The number of pyridine rings is 2. The lowest BCUT2D eigenvalue weighted by Crippen LogP contribution is -2.37. The number of nitrogens with zero attached hydrogens (tertiary/aromatic N) is 3. The van der Waals surface area contributed by atoms with Crippen molar-refractivity contribution >= 4 is 6.21 Å². The highest BCUT2D eigenvalue weighted by molar-refractivity contribution is 5.74. The summed E-state index contributed by atoms with van der Waals surface area (Å²) in [6, 6.07) is 17.7. The van der Waals surface area contributed by atoms with Crippen molar-refractivity contribution in [2.75, 3.05) is 13.2 Å². The zero-order chi connectivity index (χ0) is 22.4. The molecule has 5 nitrogen and oxygen atoms in total. The quantitative estimate of drug-likeness (QED) is 0.384. The Morgan fingerprint density at radius 3 is 2.27 bits per heavy atom. The maximum Gasteiger partial charge on any atom is 0.220 e. The zero-order valence-corrected chi connectivity index (χ0v) is 17.3. The van der Waals surface area contributed by atoms with Crippen molar-refractivity contribution in [3.63, 3.8) is 0 Å². The normalized spacial score (nSPS) is 18.5. The average Bonchev–Trinajstić information content (AvgIpc) is 2.85. The Balaban J connectivity index is 1.55. The standard InChI is InChI=1S/C26H17F2N3O2/c27-24-14-17(7-9-29-24)16-3-5-22-20(12-16)26(15-32-11-10-31-26)21-13-18(4-6-23(21)33-22)19-2-1-8-30-25(19)28/h1-10,12-14H,11,15H2/t26-/m1/s1. The molecular weight excluding hydrogens is 424 g/mol. The van der Waals surface area contributed by atoms with Crippen LogP contribution in [0.4, 0.5) is 8.78 Å². The monoisotopic (exact) mass is 441 g/mol. The Morgan fingerprint density at radius 1 is 0.788 bits per heavy atom. The molecule has 0 amide bonds. The number of rotatable bonds is 2. The van der Waals surface area contributed by atoms with Gasteiger partial charge in [-0.1, -0.05) is 12.1 Å². The Bertz CT molecular complexity index is 1420. The first kappa shape index (κ1) is 19.7. The van der Waals surface area contributed by atoms with E-state index in [2.05, 4.69) is 9.97 Å².